The summed E-state index contributed by atoms with van der Waals surface area (Å²) in [5.74, 6) is 1.05. The molecule has 0 unspecified atom stereocenters. The average Bonchev–Trinajstić information content (AvgIpc) is 2.47. The van der Waals surface area contributed by atoms with Crippen LogP contribution in [0.3, 0.4) is 0 Å². The lowest BCUT2D eigenvalue weighted by Crippen LogP contribution is -2.29. The maximum absolute atomic E-state index is 6.13. The minimum atomic E-state index is 0.329. The second-order valence-electron chi connectivity index (χ2n) is 5.41. The first kappa shape index (κ1) is 13.1. The van der Waals surface area contributed by atoms with Crippen molar-refractivity contribution in [2.75, 3.05) is 33.0 Å². The fourth-order valence-electron chi connectivity index (χ4n) is 2.97. The molecule has 0 spiro atoms. The van der Waals surface area contributed by atoms with Gasteiger partial charge in [-0.3, -0.25) is 0 Å². The summed E-state index contributed by atoms with van der Waals surface area (Å²) >= 11 is 0. The first-order chi connectivity index (χ1) is 9.69. The number of piperidine rings is 1. The van der Waals surface area contributed by atoms with E-state index in [0.29, 0.717) is 17.7 Å². The summed E-state index contributed by atoms with van der Waals surface area (Å²) in [6.45, 7) is 2.25. The Labute approximate surface area is 118 Å². The minimum Gasteiger partial charge on any atom is -0.467 e. The Morgan fingerprint density at radius 1 is 1.25 bits per heavy atom. The number of nitrogen functional groups attached to an aromatic ring is 1. The number of aromatic nitrogens is 2. The molecule has 0 atom stereocenters. The Bertz CT molecular complexity index is 621. The molecule has 0 aliphatic carbocycles. The van der Waals surface area contributed by atoms with Crippen LogP contribution in [0.2, 0.25) is 0 Å². The van der Waals surface area contributed by atoms with E-state index >= 15 is 0 Å². The number of anilines is 1. The van der Waals surface area contributed by atoms with Crippen LogP contribution >= 0.6 is 0 Å². The normalized spacial score (nSPS) is 17.5. The van der Waals surface area contributed by atoms with Crippen molar-refractivity contribution >= 4 is 16.7 Å². The smallest absolute Gasteiger partial charge is 0.318 e. The summed E-state index contributed by atoms with van der Waals surface area (Å²) in [6, 6.07) is 6.50. The number of likely N-dealkylation sites (tertiary alicyclic amines) is 1. The Morgan fingerprint density at radius 2 is 2.00 bits per heavy atom. The highest BCUT2D eigenvalue weighted by molar-refractivity contribution is 5.91. The molecule has 2 N–H and O–H groups in total. The standard InChI is InChI=1S/C15H20N4O/c1-19-8-6-10(7-9-19)11-4-3-5-12-13(11)14(16)18-15(17-12)20-2/h3-5,10H,6-9H2,1-2H3,(H2,16,17,18). The maximum atomic E-state index is 6.13. The number of nitrogens with two attached hydrogens (primary N) is 1. The number of methoxy groups -OCH3 is 1. The largest absolute Gasteiger partial charge is 0.467 e. The van der Waals surface area contributed by atoms with Crippen LogP contribution in [0.25, 0.3) is 10.9 Å². The molecule has 1 aliphatic rings. The first-order valence-corrected chi connectivity index (χ1v) is 6.97. The topological polar surface area (TPSA) is 64.3 Å². The zero-order chi connectivity index (χ0) is 14.1. The molecule has 20 heavy (non-hydrogen) atoms. The van der Waals surface area contributed by atoms with Crippen molar-refractivity contribution in [1.82, 2.24) is 14.9 Å². The zero-order valence-corrected chi connectivity index (χ0v) is 12.0. The molecule has 1 aromatic heterocycles. The molecule has 0 saturated carbocycles. The Kier molecular flexibility index (Phi) is 3.44. The van der Waals surface area contributed by atoms with Gasteiger partial charge in [-0.05, 0) is 50.5 Å². The maximum Gasteiger partial charge on any atom is 0.318 e. The Hall–Kier alpha value is -1.88. The Morgan fingerprint density at radius 3 is 2.70 bits per heavy atom. The molecule has 1 aliphatic heterocycles. The van der Waals surface area contributed by atoms with Gasteiger partial charge in [0.15, 0.2) is 0 Å². The van der Waals surface area contributed by atoms with E-state index < -0.39 is 0 Å². The molecule has 0 amide bonds. The summed E-state index contributed by atoms with van der Waals surface area (Å²) in [7, 11) is 3.73. The van der Waals surface area contributed by atoms with E-state index in [1.165, 1.54) is 5.56 Å². The monoisotopic (exact) mass is 272 g/mol. The predicted molar refractivity (Wildman–Crippen MR) is 80.0 cm³/mol. The van der Waals surface area contributed by atoms with Crippen molar-refractivity contribution in [3.8, 4) is 6.01 Å². The number of fused-ring (bicyclic) bond motifs is 1. The van der Waals surface area contributed by atoms with Gasteiger partial charge in [0.2, 0.25) is 0 Å². The highest BCUT2D eigenvalue weighted by Crippen LogP contribution is 2.34. The lowest BCUT2D eigenvalue weighted by Gasteiger charge is -2.29. The van der Waals surface area contributed by atoms with Gasteiger partial charge in [0.1, 0.15) is 5.82 Å². The summed E-state index contributed by atoms with van der Waals surface area (Å²) in [6.07, 6.45) is 2.31. The number of rotatable bonds is 2. The molecular weight excluding hydrogens is 252 g/mol. The van der Waals surface area contributed by atoms with Gasteiger partial charge in [0, 0.05) is 5.39 Å². The lowest BCUT2D eigenvalue weighted by atomic mass is 9.87. The number of nitrogens with zero attached hydrogens (tertiary/aromatic N) is 3. The second kappa shape index (κ2) is 5.25. The molecule has 3 rings (SSSR count). The SMILES string of the molecule is COc1nc(N)c2c(C3CCN(C)CC3)cccc2n1. The van der Waals surface area contributed by atoms with Crippen molar-refractivity contribution < 1.29 is 4.74 Å². The van der Waals surface area contributed by atoms with Gasteiger partial charge in [0.25, 0.3) is 0 Å². The third-order valence-corrected chi connectivity index (χ3v) is 4.10. The van der Waals surface area contributed by atoms with Crippen LogP contribution in [-0.2, 0) is 0 Å². The van der Waals surface area contributed by atoms with Gasteiger partial charge in [-0.1, -0.05) is 12.1 Å². The molecule has 0 bridgehead atoms. The summed E-state index contributed by atoms with van der Waals surface area (Å²) in [4.78, 5) is 11.0. The average molecular weight is 272 g/mol. The van der Waals surface area contributed by atoms with Crippen LogP contribution in [0.4, 0.5) is 5.82 Å². The molecule has 106 valence electrons. The fraction of sp³-hybridized carbons (Fsp3) is 0.467. The second-order valence-corrected chi connectivity index (χ2v) is 5.41. The van der Waals surface area contributed by atoms with Crippen molar-refractivity contribution in [3.05, 3.63) is 23.8 Å². The highest BCUT2D eigenvalue weighted by Gasteiger charge is 2.21. The quantitative estimate of drug-likeness (QED) is 0.906. The first-order valence-electron chi connectivity index (χ1n) is 6.97. The minimum absolute atomic E-state index is 0.329. The van der Waals surface area contributed by atoms with Gasteiger partial charge in [-0.25, -0.2) is 0 Å². The van der Waals surface area contributed by atoms with E-state index in [2.05, 4.69) is 28.0 Å². The molecular formula is C15H20N4O. The van der Waals surface area contributed by atoms with Gasteiger partial charge in [-0.2, -0.15) is 9.97 Å². The van der Waals surface area contributed by atoms with E-state index in [0.717, 1.165) is 36.8 Å². The van der Waals surface area contributed by atoms with E-state index in [9.17, 15) is 0 Å². The van der Waals surface area contributed by atoms with Crippen LogP contribution in [0, 0.1) is 0 Å². The molecule has 2 heterocycles. The third-order valence-electron chi connectivity index (χ3n) is 4.10. The van der Waals surface area contributed by atoms with Crippen molar-refractivity contribution in [2.24, 2.45) is 0 Å². The van der Waals surface area contributed by atoms with Gasteiger partial charge >= 0.3 is 6.01 Å². The molecule has 1 saturated heterocycles. The Balaban J connectivity index is 2.07. The zero-order valence-electron chi connectivity index (χ0n) is 12.0. The van der Waals surface area contributed by atoms with Gasteiger partial charge in [0.05, 0.1) is 12.6 Å². The molecule has 0 radical (unpaired) electrons. The van der Waals surface area contributed by atoms with E-state index in [4.69, 9.17) is 10.5 Å². The molecule has 5 nitrogen and oxygen atoms in total. The molecule has 1 aromatic carbocycles. The van der Waals surface area contributed by atoms with Gasteiger partial charge in [-0.15, -0.1) is 0 Å². The number of ether oxygens (including phenoxy) is 1. The van der Waals surface area contributed by atoms with Crippen molar-refractivity contribution in [1.29, 1.82) is 0 Å². The van der Waals surface area contributed by atoms with Crippen LogP contribution in [0.15, 0.2) is 18.2 Å². The summed E-state index contributed by atoms with van der Waals surface area (Å²) < 4.78 is 5.09. The predicted octanol–water partition coefficient (Wildman–Crippen LogP) is 2.03. The molecule has 2 aromatic rings. The number of benzene rings is 1. The number of hydrogen-bond acceptors (Lipinski definition) is 5. The van der Waals surface area contributed by atoms with Crippen molar-refractivity contribution in [2.45, 2.75) is 18.8 Å². The van der Waals surface area contributed by atoms with E-state index in [-0.39, 0.29) is 0 Å². The van der Waals surface area contributed by atoms with E-state index in [1.807, 2.05) is 12.1 Å². The molecule has 1 fully saturated rings. The van der Waals surface area contributed by atoms with Crippen LogP contribution in [0.5, 0.6) is 6.01 Å². The lowest BCUT2D eigenvalue weighted by molar-refractivity contribution is 0.256. The van der Waals surface area contributed by atoms with Crippen LogP contribution < -0.4 is 10.5 Å². The van der Waals surface area contributed by atoms with Crippen molar-refractivity contribution in [3.63, 3.8) is 0 Å². The van der Waals surface area contributed by atoms with Gasteiger partial charge < -0.3 is 15.4 Å². The highest BCUT2D eigenvalue weighted by atomic mass is 16.5. The van der Waals surface area contributed by atoms with Crippen LogP contribution in [-0.4, -0.2) is 42.1 Å². The fourth-order valence-corrected chi connectivity index (χ4v) is 2.97. The summed E-state index contributed by atoms with van der Waals surface area (Å²) in [5.41, 5.74) is 8.27. The van der Waals surface area contributed by atoms with Crippen LogP contribution in [0.1, 0.15) is 24.3 Å². The van der Waals surface area contributed by atoms with E-state index in [1.54, 1.807) is 7.11 Å². The molecule has 5 heteroatoms. The third kappa shape index (κ3) is 2.29. The number of hydrogen-bond donors (Lipinski definition) is 1. The summed E-state index contributed by atoms with van der Waals surface area (Å²) in [5, 5.41) is 0.989.